The van der Waals surface area contributed by atoms with E-state index < -0.39 is 0 Å². The molecular formula is C20H27N5O2. The van der Waals surface area contributed by atoms with Gasteiger partial charge in [0.05, 0.1) is 17.4 Å². The summed E-state index contributed by atoms with van der Waals surface area (Å²) in [6.07, 6.45) is 6.95. The average Bonchev–Trinajstić information content (AvgIpc) is 3.39. The van der Waals surface area contributed by atoms with Crippen molar-refractivity contribution in [2.75, 3.05) is 20.1 Å². The fourth-order valence-electron chi connectivity index (χ4n) is 4.38. The van der Waals surface area contributed by atoms with Gasteiger partial charge in [-0.2, -0.15) is 0 Å². The van der Waals surface area contributed by atoms with Gasteiger partial charge in [0.15, 0.2) is 0 Å². The van der Waals surface area contributed by atoms with Crippen LogP contribution in [0.5, 0.6) is 0 Å². The van der Waals surface area contributed by atoms with Crippen molar-refractivity contribution in [3.8, 4) is 0 Å². The summed E-state index contributed by atoms with van der Waals surface area (Å²) in [7, 11) is 1.80. The van der Waals surface area contributed by atoms with Gasteiger partial charge in [0.2, 0.25) is 5.91 Å². The maximum absolute atomic E-state index is 12.4. The number of imidazole rings is 1. The molecule has 2 aliphatic rings. The van der Waals surface area contributed by atoms with Gasteiger partial charge in [0.1, 0.15) is 0 Å². The molecule has 0 radical (unpaired) electrons. The van der Waals surface area contributed by atoms with E-state index in [-0.39, 0.29) is 17.9 Å². The first-order chi connectivity index (χ1) is 13.1. The van der Waals surface area contributed by atoms with E-state index in [1.807, 2.05) is 18.2 Å². The highest BCUT2D eigenvalue weighted by Crippen LogP contribution is 2.29. The van der Waals surface area contributed by atoms with Crippen LogP contribution in [-0.2, 0) is 11.3 Å². The summed E-state index contributed by atoms with van der Waals surface area (Å²) in [5.74, 6) is 0.490. The molecular weight excluding hydrogens is 342 g/mol. The van der Waals surface area contributed by atoms with Crippen molar-refractivity contribution < 1.29 is 9.59 Å². The smallest absolute Gasteiger partial charge is 0.317 e. The maximum Gasteiger partial charge on any atom is 0.317 e. The quantitative estimate of drug-likeness (QED) is 0.850. The molecule has 2 heterocycles. The summed E-state index contributed by atoms with van der Waals surface area (Å²) in [6.45, 7) is 1.87. The Morgan fingerprint density at radius 2 is 2.19 bits per heavy atom. The molecule has 1 aromatic carbocycles. The summed E-state index contributed by atoms with van der Waals surface area (Å²) in [6, 6.07) is 6.24. The van der Waals surface area contributed by atoms with E-state index in [0.29, 0.717) is 25.6 Å². The molecule has 4 rings (SSSR count). The molecule has 0 bridgehead atoms. The number of amides is 3. The molecule has 1 saturated heterocycles. The largest absolute Gasteiger partial charge is 0.345 e. The van der Waals surface area contributed by atoms with Crippen molar-refractivity contribution in [3.63, 3.8) is 0 Å². The number of hydrogen-bond acceptors (Lipinski definition) is 3. The zero-order chi connectivity index (χ0) is 18.8. The molecule has 2 fully saturated rings. The van der Waals surface area contributed by atoms with Crippen LogP contribution in [-0.4, -0.2) is 57.9 Å². The Kier molecular flexibility index (Phi) is 5.01. The van der Waals surface area contributed by atoms with E-state index in [1.165, 1.54) is 12.8 Å². The third-order valence-corrected chi connectivity index (χ3v) is 5.81. The van der Waals surface area contributed by atoms with E-state index in [2.05, 4.69) is 20.2 Å². The van der Waals surface area contributed by atoms with Crippen LogP contribution in [0.25, 0.3) is 11.0 Å². The Balaban J connectivity index is 1.27. The number of likely N-dealkylation sites (tertiary alicyclic amines) is 1. The molecule has 0 spiro atoms. The minimum Gasteiger partial charge on any atom is -0.345 e. The van der Waals surface area contributed by atoms with Gasteiger partial charge < -0.3 is 20.1 Å². The van der Waals surface area contributed by atoms with Crippen LogP contribution < -0.4 is 5.32 Å². The number of hydrogen-bond donors (Lipinski definition) is 2. The van der Waals surface area contributed by atoms with Gasteiger partial charge in [-0.15, -0.1) is 0 Å². The molecule has 3 amide bonds. The minimum atomic E-state index is -0.105. The summed E-state index contributed by atoms with van der Waals surface area (Å²) >= 11 is 0. The number of nitrogens with one attached hydrogen (secondary N) is 2. The van der Waals surface area contributed by atoms with Crippen LogP contribution in [0, 0.1) is 5.92 Å². The average molecular weight is 369 g/mol. The van der Waals surface area contributed by atoms with Crippen molar-refractivity contribution in [3.05, 3.63) is 30.1 Å². The number of urea groups is 1. The van der Waals surface area contributed by atoms with Crippen LogP contribution >= 0.6 is 0 Å². The lowest BCUT2D eigenvalue weighted by atomic mass is 10.1. The zero-order valence-electron chi connectivity index (χ0n) is 15.8. The molecule has 1 unspecified atom stereocenters. The maximum atomic E-state index is 12.4. The Morgan fingerprint density at radius 1 is 1.37 bits per heavy atom. The van der Waals surface area contributed by atoms with Gasteiger partial charge >= 0.3 is 6.03 Å². The van der Waals surface area contributed by atoms with Crippen molar-refractivity contribution in [1.82, 2.24) is 25.1 Å². The van der Waals surface area contributed by atoms with E-state index in [0.717, 1.165) is 36.0 Å². The molecule has 1 atom stereocenters. The van der Waals surface area contributed by atoms with Crippen LogP contribution in [0.15, 0.2) is 24.5 Å². The summed E-state index contributed by atoms with van der Waals surface area (Å²) in [5.41, 5.74) is 2.91. The Bertz CT molecular complexity index is 827. The first-order valence-electron chi connectivity index (χ1n) is 9.80. The van der Waals surface area contributed by atoms with Crippen LogP contribution in [0.1, 0.15) is 37.7 Å². The molecule has 1 aromatic heterocycles. The second-order valence-corrected chi connectivity index (χ2v) is 7.85. The third kappa shape index (κ3) is 3.91. The molecule has 1 saturated carbocycles. The predicted molar refractivity (Wildman–Crippen MR) is 103 cm³/mol. The van der Waals surface area contributed by atoms with Gasteiger partial charge in [-0.25, -0.2) is 9.78 Å². The predicted octanol–water partition coefficient (Wildman–Crippen LogP) is 2.50. The summed E-state index contributed by atoms with van der Waals surface area (Å²) in [4.78, 5) is 35.8. The number of fused-ring (bicyclic) bond motifs is 1. The van der Waals surface area contributed by atoms with E-state index in [9.17, 15) is 9.59 Å². The molecule has 2 N–H and O–H groups in total. The topological polar surface area (TPSA) is 81.3 Å². The highest BCUT2D eigenvalue weighted by Gasteiger charge is 2.36. The fraction of sp³-hybridized carbons (Fsp3) is 0.550. The zero-order valence-corrected chi connectivity index (χ0v) is 15.8. The summed E-state index contributed by atoms with van der Waals surface area (Å²) in [5, 5.41) is 2.96. The van der Waals surface area contributed by atoms with Crippen molar-refractivity contribution in [2.24, 2.45) is 5.92 Å². The Morgan fingerprint density at radius 3 is 3.00 bits per heavy atom. The number of rotatable bonds is 5. The Hall–Kier alpha value is -2.57. The fourth-order valence-corrected chi connectivity index (χ4v) is 4.38. The molecule has 144 valence electrons. The van der Waals surface area contributed by atoms with Crippen LogP contribution in [0.4, 0.5) is 4.79 Å². The molecule has 1 aliphatic carbocycles. The highest BCUT2D eigenvalue weighted by molar-refractivity contribution is 5.79. The molecule has 2 aromatic rings. The van der Waals surface area contributed by atoms with Gasteiger partial charge in [0, 0.05) is 45.1 Å². The Labute approximate surface area is 159 Å². The van der Waals surface area contributed by atoms with Gasteiger partial charge in [-0.05, 0) is 30.5 Å². The first-order valence-corrected chi connectivity index (χ1v) is 9.80. The SMILES string of the molecule is CN(CC1CC(=O)N(C2CCCC2)C1)C(=O)NCc1ccc2nc[nH]c2c1. The molecule has 7 heteroatoms. The standard InChI is InChI=1S/C20H27N5O2/c1-24(11-15-9-19(26)25(12-15)16-4-2-3-5-16)20(27)21-10-14-6-7-17-18(8-14)23-13-22-17/h6-8,13,15-16H,2-5,9-12H2,1H3,(H,21,27)(H,22,23). The van der Waals surface area contributed by atoms with Crippen LogP contribution in [0.3, 0.4) is 0 Å². The molecule has 27 heavy (non-hydrogen) atoms. The van der Waals surface area contributed by atoms with Crippen molar-refractivity contribution >= 4 is 23.0 Å². The van der Waals surface area contributed by atoms with Crippen molar-refractivity contribution in [2.45, 2.75) is 44.7 Å². The molecule has 7 nitrogen and oxygen atoms in total. The lowest BCUT2D eigenvalue weighted by molar-refractivity contribution is -0.129. The van der Waals surface area contributed by atoms with Gasteiger partial charge in [-0.3, -0.25) is 4.79 Å². The van der Waals surface area contributed by atoms with Gasteiger partial charge in [-0.1, -0.05) is 18.9 Å². The number of aromatic nitrogens is 2. The van der Waals surface area contributed by atoms with Crippen LogP contribution in [0.2, 0.25) is 0 Å². The monoisotopic (exact) mass is 369 g/mol. The first kappa shape index (κ1) is 17.8. The normalized spacial score (nSPS) is 20.6. The number of carbonyl (C=O) groups is 2. The molecule has 1 aliphatic heterocycles. The second-order valence-electron chi connectivity index (χ2n) is 7.85. The number of carbonyl (C=O) groups excluding carboxylic acids is 2. The van der Waals surface area contributed by atoms with Crippen molar-refractivity contribution in [1.29, 1.82) is 0 Å². The van der Waals surface area contributed by atoms with E-state index in [1.54, 1.807) is 18.3 Å². The lowest BCUT2D eigenvalue weighted by Gasteiger charge is -2.25. The summed E-state index contributed by atoms with van der Waals surface area (Å²) < 4.78 is 0. The number of aromatic amines is 1. The lowest BCUT2D eigenvalue weighted by Crippen LogP contribution is -2.40. The number of nitrogens with zero attached hydrogens (tertiary/aromatic N) is 3. The number of benzene rings is 1. The van der Waals surface area contributed by atoms with E-state index >= 15 is 0 Å². The third-order valence-electron chi connectivity index (χ3n) is 5.81. The van der Waals surface area contributed by atoms with Gasteiger partial charge in [0.25, 0.3) is 0 Å². The highest BCUT2D eigenvalue weighted by atomic mass is 16.2. The second kappa shape index (κ2) is 7.58. The van der Waals surface area contributed by atoms with E-state index in [4.69, 9.17) is 0 Å². The number of H-pyrrole nitrogens is 1. The minimum absolute atomic E-state index is 0.105.